The monoisotopic (exact) mass is 440 g/mol. The van der Waals surface area contributed by atoms with E-state index in [1.165, 1.54) is 0 Å². The van der Waals surface area contributed by atoms with Gasteiger partial charge >= 0.3 is 0 Å². The lowest BCUT2D eigenvalue weighted by atomic mass is 10.0. The molecule has 0 spiro atoms. The van der Waals surface area contributed by atoms with Crippen LogP contribution in [-0.2, 0) is 4.79 Å². The Morgan fingerprint density at radius 2 is 1.79 bits per heavy atom. The van der Waals surface area contributed by atoms with E-state index in [2.05, 4.69) is 10.00 Å². The van der Waals surface area contributed by atoms with E-state index in [4.69, 9.17) is 9.72 Å². The van der Waals surface area contributed by atoms with Crippen LogP contribution in [0.25, 0.3) is 28.0 Å². The Morgan fingerprint density at radius 1 is 1.03 bits per heavy atom. The predicted octanol–water partition coefficient (Wildman–Crippen LogP) is 3.84. The highest BCUT2D eigenvalue weighted by Crippen LogP contribution is 2.43. The number of ether oxygens (including phenoxy) is 1. The molecule has 33 heavy (non-hydrogen) atoms. The quantitative estimate of drug-likeness (QED) is 0.522. The summed E-state index contributed by atoms with van der Waals surface area (Å²) in [6, 6.07) is 17.6. The molecule has 3 heterocycles. The van der Waals surface area contributed by atoms with Crippen molar-refractivity contribution in [1.29, 1.82) is 0 Å². The number of fused-ring (bicyclic) bond motifs is 3. The number of aromatic amines is 1. The fraction of sp³-hybridized carbons (Fsp3) is 0.269. The van der Waals surface area contributed by atoms with E-state index in [0.717, 1.165) is 34.7 Å². The van der Waals surface area contributed by atoms with E-state index in [9.17, 15) is 9.59 Å². The lowest BCUT2D eigenvalue weighted by Crippen LogP contribution is -2.36. The first-order valence-corrected chi connectivity index (χ1v) is 11.2. The molecule has 6 rings (SSSR count). The highest BCUT2D eigenvalue weighted by molar-refractivity contribution is 5.92. The maximum absolute atomic E-state index is 13.7. The second-order valence-electron chi connectivity index (χ2n) is 8.88. The van der Waals surface area contributed by atoms with Gasteiger partial charge in [-0.2, -0.15) is 4.52 Å². The number of carbonyl (C=O) groups is 1. The average molecular weight is 441 g/mol. The molecule has 1 saturated carbocycles. The Balaban J connectivity index is 1.58. The summed E-state index contributed by atoms with van der Waals surface area (Å²) in [4.78, 5) is 33.1. The lowest BCUT2D eigenvalue weighted by molar-refractivity contribution is -0.120. The third-order valence-electron chi connectivity index (χ3n) is 6.97. The maximum Gasteiger partial charge on any atom is 0.280 e. The molecule has 7 nitrogen and oxygen atoms in total. The van der Waals surface area contributed by atoms with Crippen molar-refractivity contribution in [2.75, 3.05) is 18.6 Å². The van der Waals surface area contributed by atoms with E-state index < -0.39 is 0 Å². The Morgan fingerprint density at radius 3 is 2.42 bits per heavy atom. The molecule has 0 radical (unpaired) electrons. The minimum Gasteiger partial charge on any atom is -0.497 e. The van der Waals surface area contributed by atoms with Gasteiger partial charge in [0.1, 0.15) is 17.2 Å². The number of aromatic nitrogens is 3. The van der Waals surface area contributed by atoms with Gasteiger partial charge in [0.05, 0.1) is 24.1 Å². The number of anilines is 1. The van der Waals surface area contributed by atoms with Gasteiger partial charge in [-0.05, 0) is 31.0 Å². The fourth-order valence-electron chi connectivity index (χ4n) is 5.35. The standard InChI is InChI=1S/C26H24N4O3/c1-15-22(16-8-10-20(33-2)11-9-16)26(32)30-25(27-15)24(23(28-30)17-6-4-3-5-7-17)29-14-18-12-19(29)13-21(18)31/h3-11,18-19,28H,12-14H2,1-2H3/t18-,19-/m1/s1. The van der Waals surface area contributed by atoms with Gasteiger partial charge in [0.15, 0.2) is 5.65 Å². The van der Waals surface area contributed by atoms with E-state index in [-0.39, 0.29) is 17.5 Å². The minimum atomic E-state index is -0.147. The van der Waals surface area contributed by atoms with Gasteiger partial charge in [0, 0.05) is 30.5 Å². The Bertz CT molecular complexity index is 1440. The van der Waals surface area contributed by atoms with Crippen molar-refractivity contribution < 1.29 is 9.53 Å². The smallest absolute Gasteiger partial charge is 0.280 e. The van der Waals surface area contributed by atoms with Crippen molar-refractivity contribution in [3.05, 3.63) is 70.6 Å². The normalized spacial score (nSPS) is 19.6. The van der Waals surface area contributed by atoms with Gasteiger partial charge < -0.3 is 9.64 Å². The van der Waals surface area contributed by atoms with Crippen LogP contribution >= 0.6 is 0 Å². The van der Waals surface area contributed by atoms with Gasteiger partial charge in [0.2, 0.25) is 0 Å². The molecule has 2 aromatic carbocycles. The van der Waals surface area contributed by atoms with Crippen molar-refractivity contribution in [2.24, 2.45) is 5.92 Å². The lowest BCUT2D eigenvalue weighted by Gasteiger charge is -2.28. The molecule has 4 aromatic rings. The van der Waals surface area contributed by atoms with E-state index in [1.54, 1.807) is 11.6 Å². The first-order valence-electron chi connectivity index (χ1n) is 11.2. The summed E-state index contributed by atoms with van der Waals surface area (Å²) in [7, 11) is 1.62. The zero-order valence-corrected chi connectivity index (χ0v) is 18.5. The number of nitrogens with one attached hydrogen (secondary N) is 1. The number of ketones is 1. The molecule has 1 saturated heterocycles. The zero-order valence-electron chi connectivity index (χ0n) is 18.5. The second-order valence-corrected chi connectivity index (χ2v) is 8.88. The number of Topliss-reactive ketones (excluding diaryl/α,β-unsaturated/α-hetero) is 1. The minimum absolute atomic E-state index is 0.0694. The third kappa shape index (κ3) is 2.99. The van der Waals surface area contributed by atoms with Crippen molar-refractivity contribution in [2.45, 2.75) is 25.8 Å². The molecule has 0 unspecified atom stereocenters. The first kappa shape index (κ1) is 19.8. The number of aryl methyl sites for hydroxylation is 1. The molecule has 2 aromatic heterocycles. The molecule has 2 atom stereocenters. The summed E-state index contributed by atoms with van der Waals surface area (Å²) in [5.74, 6) is 1.15. The molecule has 2 bridgehead atoms. The van der Waals surface area contributed by atoms with Gasteiger partial charge in [0.25, 0.3) is 5.56 Å². The summed E-state index contributed by atoms with van der Waals surface area (Å²) in [5, 5.41) is 3.35. The second kappa shape index (κ2) is 7.33. The number of rotatable bonds is 4. The maximum atomic E-state index is 13.7. The van der Waals surface area contributed by atoms with Crippen LogP contribution in [0.1, 0.15) is 18.5 Å². The first-order chi connectivity index (χ1) is 16.0. The molecule has 1 aliphatic heterocycles. The van der Waals surface area contributed by atoms with Crippen LogP contribution < -0.4 is 15.2 Å². The highest BCUT2D eigenvalue weighted by Gasteiger charge is 2.45. The van der Waals surface area contributed by atoms with Gasteiger partial charge in [-0.3, -0.25) is 14.7 Å². The summed E-state index contributed by atoms with van der Waals surface area (Å²) in [6.45, 7) is 2.55. The topological polar surface area (TPSA) is 79.7 Å². The number of nitrogens with zero attached hydrogens (tertiary/aromatic N) is 3. The number of methoxy groups -OCH3 is 1. The van der Waals surface area contributed by atoms with Gasteiger partial charge in [-0.1, -0.05) is 42.5 Å². The molecule has 166 valence electrons. The molecule has 7 heteroatoms. The number of hydrogen-bond acceptors (Lipinski definition) is 5. The number of hydrogen-bond donors (Lipinski definition) is 1. The van der Waals surface area contributed by atoms with Gasteiger partial charge in [-0.15, -0.1) is 0 Å². The Kier molecular flexibility index (Phi) is 4.40. The average Bonchev–Trinajstić information content (AvgIpc) is 3.52. The largest absolute Gasteiger partial charge is 0.497 e. The molecule has 1 aliphatic carbocycles. The summed E-state index contributed by atoms with van der Waals surface area (Å²) in [6.07, 6.45) is 1.43. The van der Waals surface area contributed by atoms with E-state index in [0.29, 0.717) is 35.7 Å². The Labute approximate surface area is 190 Å². The molecular formula is C26H24N4O3. The van der Waals surface area contributed by atoms with Crippen LogP contribution in [0, 0.1) is 12.8 Å². The van der Waals surface area contributed by atoms with Crippen LogP contribution in [0.2, 0.25) is 0 Å². The van der Waals surface area contributed by atoms with Crippen LogP contribution in [-0.4, -0.2) is 40.1 Å². The number of piperidine rings is 1. The van der Waals surface area contributed by atoms with Crippen molar-refractivity contribution in [3.8, 4) is 28.1 Å². The van der Waals surface area contributed by atoms with Crippen LogP contribution in [0.3, 0.4) is 0 Å². The molecule has 2 fully saturated rings. The predicted molar refractivity (Wildman–Crippen MR) is 127 cm³/mol. The summed E-state index contributed by atoms with van der Waals surface area (Å²) >= 11 is 0. The van der Waals surface area contributed by atoms with E-state index in [1.807, 2.05) is 61.5 Å². The fourth-order valence-corrected chi connectivity index (χ4v) is 5.35. The molecular weight excluding hydrogens is 416 g/mol. The van der Waals surface area contributed by atoms with Crippen LogP contribution in [0.4, 0.5) is 5.69 Å². The molecule has 2 aliphatic rings. The third-order valence-corrected chi connectivity index (χ3v) is 6.97. The number of benzene rings is 2. The zero-order chi connectivity index (χ0) is 22.7. The van der Waals surface area contributed by atoms with Crippen LogP contribution in [0.15, 0.2) is 59.4 Å². The SMILES string of the molecule is COc1ccc(-c2c(C)nc3c(N4C[C@H]5C[C@@H]4CC5=O)c(-c4ccccc4)[nH]n3c2=O)cc1. The highest BCUT2D eigenvalue weighted by atomic mass is 16.5. The van der Waals surface area contributed by atoms with Gasteiger partial charge in [-0.25, -0.2) is 4.98 Å². The summed E-state index contributed by atoms with van der Waals surface area (Å²) < 4.78 is 6.81. The van der Waals surface area contributed by atoms with Crippen molar-refractivity contribution in [1.82, 2.24) is 14.6 Å². The van der Waals surface area contributed by atoms with Crippen LogP contribution in [0.5, 0.6) is 5.75 Å². The van der Waals surface area contributed by atoms with Crippen molar-refractivity contribution >= 4 is 17.1 Å². The Hall–Kier alpha value is -3.87. The molecule has 0 amide bonds. The number of carbonyl (C=O) groups excluding carboxylic acids is 1. The molecule has 1 N–H and O–H groups in total. The van der Waals surface area contributed by atoms with Crippen molar-refractivity contribution in [3.63, 3.8) is 0 Å². The number of H-pyrrole nitrogens is 1. The van der Waals surface area contributed by atoms with E-state index >= 15 is 0 Å². The summed E-state index contributed by atoms with van der Waals surface area (Å²) in [5.41, 5.74) is 5.22.